The first-order chi connectivity index (χ1) is 8.74. The van der Waals surface area contributed by atoms with Gasteiger partial charge >= 0.3 is 0 Å². The summed E-state index contributed by atoms with van der Waals surface area (Å²) in [5.41, 5.74) is 0. The predicted octanol–water partition coefficient (Wildman–Crippen LogP) is 2.10. The third-order valence-electron chi connectivity index (χ3n) is 2.93. The highest BCUT2D eigenvalue weighted by atomic mass is 15.2. The van der Waals surface area contributed by atoms with Gasteiger partial charge in [0.25, 0.3) is 0 Å². The van der Waals surface area contributed by atoms with E-state index < -0.39 is 0 Å². The van der Waals surface area contributed by atoms with Crippen molar-refractivity contribution in [3.63, 3.8) is 0 Å². The minimum Gasteiger partial charge on any atom is -0.370 e. The molecule has 18 heavy (non-hydrogen) atoms. The average Bonchev–Trinajstić information content (AvgIpc) is 3.14. The Hall–Kier alpha value is -1.83. The summed E-state index contributed by atoms with van der Waals surface area (Å²) in [6.07, 6.45) is 2.94. The molecule has 1 saturated carbocycles. The highest BCUT2D eigenvalue weighted by Crippen LogP contribution is 2.31. The van der Waals surface area contributed by atoms with Gasteiger partial charge in [-0.15, -0.1) is 0 Å². The molecule has 2 rings (SSSR count). The number of nitrogens with zero attached hydrogens (tertiary/aromatic N) is 4. The Morgan fingerprint density at radius 1 is 1.50 bits per heavy atom. The molecule has 5 nitrogen and oxygen atoms in total. The van der Waals surface area contributed by atoms with Crippen LogP contribution in [-0.4, -0.2) is 29.1 Å². The molecule has 1 aliphatic carbocycles. The first kappa shape index (κ1) is 12.6. The van der Waals surface area contributed by atoms with Crippen LogP contribution in [0.2, 0.25) is 0 Å². The van der Waals surface area contributed by atoms with Crippen molar-refractivity contribution >= 4 is 11.6 Å². The lowest BCUT2D eigenvalue weighted by Gasteiger charge is -2.23. The van der Waals surface area contributed by atoms with Crippen LogP contribution in [0.15, 0.2) is 6.07 Å². The van der Waals surface area contributed by atoms with E-state index in [0.717, 1.165) is 30.5 Å². The highest BCUT2D eigenvalue weighted by molar-refractivity contribution is 5.51. The third-order valence-corrected chi connectivity index (χ3v) is 2.93. The minimum atomic E-state index is 0.538. The lowest BCUT2D eigenvalue weighted by Crippen LogP contribution is -2.28. The number of hydrogen-bond acceptors (Lipinski definition) is 5. The Morgan fingerprint density at radius 2 is 2.28 bits per heavy atom. The van der Waals surface area contributed by atoms with Crippen molar-refractivity contribution in [2.75, 3.05) is 23.3 Å². The monoisotopic (exact) mass is 245 g/mol. The summed E-state index contributed by atoms with van der Waals surface area (Å²) in [5.74, 6) is 2.57. The SMILES string of the molecule is CCNc1cc(N(CCC#N)C2CC2)nc(C)n1. The van der Waals surface area contributed by atoms with E-state index in [2.05, 4.69) is 26.3 Å². The van der Waals surface area contributed by atoms with Crippen LogP contribution in [0.25, 0.3) is 0 Å². The summed E-state index contributed by atoms with van der Waals surface area (Å²) in [6.45, 7) is 5.55. The van der Waals surface area contributed by atoms with E-state index in [1.165, 1.54) is 12.8 Å². The van der Waals surface area contributed by atoms with Crippen LogP contribution in [0.5, 0.6) is 0 Å². The fraction of sp³-hybridized carbons (Fsp3) is 0.615. The second-order valence-electron chi connectivity index (χ2n) is 4.52. The Morgan fingerprint density at radius 3 is 2.89 bits per heavy atom. The zero-order valence-corrected chi connectivity index (χ0v) is 11.0. The van der Waals surface area contributed by atoms with Crippen molar-refractivity contribution < 1.29 is 0 Å². The van der Waals surface area contributed by atoms with Crippen molar-refractivity contribution in [2.24, 2.45) is 0 Å². The van der Waals surface area contributed by atoms with Crippen molar-refractivity contribution in [3.8, 4) is 6.07 Å². The van der Waals surface area contributed by atoms with Crippen LogP contribution >= 0.6 is 0 Å². The van der Waals surface area contributed by atoms with Crippen molar-refractivity contribution in [1.29, 1.82) is 5.26 Å². The molecule has 0 radical (unpaired) electrons. The zero-order chi connectivity index (χ0) is 13.0. The van der Waals surface area contributed by atoms with Crippen LogP contribution in [0.3, 0.4) is 0 Å². The molecule has 5 heteroatoms. The van der Waals surface area contributed by atoms with Crippen LogP contribution in [0.1, 0.15) is 32.0 Å². The van der Waals surface area contributed by atoms with Crippen molar-refractivity contribution in [1.82, 2.24) is 9.97 Å². The van der Waals surface area contributed by atoms with E-state index in [0.29, 0.717) is 12.5 Å². The molecule has 0 unspecified atom stereocenters. The summed E-state index contributed by atoms with van der Waals surface area (Å²) >= 11 is 0. The van der Waals surface area contributed by atoms with Gasteiger partial charge in [0.2, 0.25) is 0 Å². The maximum Gasteiger partial charge on any atom is 0.134 e. The number of rotatable bonds is 6. The topological polar surface area (TPSA) is 64.8 Å². The van der Waals surface area contributed by atoms with Gasteiger partial charge < -0.3 is 10.2 Å². The van der Waals surface area contributed by atoms with Crippen LogP contribution in [0.4, 0.5) is 11.6 Å². The number of nitrogens with one attached hydrogen (secondary N) is 1. The lowest BCUT2D eigenvalue weighted by molar-refractivity contribution is 0.771. The lowest BCUT2D eigenvalue weighted by atomic mass is 10.3. The van der Waals surface area contributed by atoms with Gasteiger partial charge in [0.1, 0.15) is 17.5 Å². The van der Waals surface area contributed by atoms with Gasteiger partial charge in [-0.25, -0.2) is 9.97 Å². The Kier molecular flexibility index (Phi) is 3.98. The third kappa shape index (κ3) is 3.10. The predicted molar refractivity (Wildman–Crippen MR) is 71.5 cm³/mol. The summed E-state index contributed by atoms with van der Waals surface area (Å²) in [6, 6.07) is 4.74. The van der Waals surface area contributed by atoms with E-state index in [9.17, 15) is 0 Å². The van der Waals surface area contributed by atoms with Crippen LogP contribution < -0.4 is 10.2 Å². The molecule has 0 atom stereocenters. The molecule has 1 fully saturated rings. The van der Waals surface area contributed by atoms with Crippen LogP contribution in [0, 0.1) is 18.3 Å². The van der Waals surface area contributed by atoms with Gasteiger partial charge in [0.05, 0.1) is 12.5 Å². The number of aryl methyl sites for hydroxylation is 1. The summed E-state index contributed by atoms with van der Waals surface area (Å²) in [4.78, 5) is 11.1. The number of anilines is 2. The molecule has 1 aliphatic rings. The molecule has 1 N–H and O–H groups in total. The Balaban J connectivity index is 2.20. The summed E-state index contributed by atoms with van der Waals surface area (Å²) < 4.78 is 0. The van der Waals surface area contributed by atoms with E-state index in [1.54, 1.807) is 0 Å². The zero-order valence-electron chi connectivity index (χ0n) is 11.0. The van der Waals surface area contributed by atoms with Crippen molar-refractivity contribution in [2.45, 2.75) is 39.2 Å². The molecular formula is C13H19N5. The number of aromatic nitrogens is 2. The summed E-state index contributed by atoms with van der Waals surface area (Å²) in [7, 11) is 0. The molecule has 0 bridgehead atoms. The molecule has 0 spiro atoms. The van der Waals surface area contributed by atoms with Gasteiger partial charge in [-0.05, 0) is 26.7 Å². The van der Waals surface area contributed by atoms with Crippen molar-refractivity contribution in [3.05, 3.63) is 11.9 Å². The minimum absolute atomic E-state index is 0.538. The molecule has 96 valence electrons. The van der Waals surface area contributed by atoms with Gasteiger partial charge in [-0.3, -0.25) is 0 Å². The molecule has 0 aromatic carbocycles. The normalized spacial score (nSPS) is 14.1. The maximum atomic E-state index is 8.74. The van der Waals surface area contributed by atoms with E-state index in [-0.39, 0.29) is 0 Å². The first-order valence-corrected chi connectivity index (χ1v) is 6.47. The van der Waals surface area contributed by atoms with E-state index >= 15 is 0 Å². The molecule has 0 saturated heterocycles. The van der Waals surface area contributed by atoms with Gasteiger partial charge in [0, 0.05) is 25.2 Å². The van der Waals surface area contributed by atoms with Gasteiger partial charge in [-0.2, -0.15) is 5.26 Å². The van der Waals surface area contributed by atoms with Crippen LogP contribution in [-0.2, 0) is 0 Å². The second-order valence-corrected chi connectivity index (χ2v) is 4.52. The number of hydrogen-bond donors (Lipinski definition) is 1. The first-order valence-electron chi connectivity index (χ1n) is 6.47. The van der Waals surface area contributed by atoms with Gasteiger partial charge in [-0.1, -0.05) is 0 Å². The Bertz CT molecular complexity index is 447. The largest absolute Gasteiger partial charge is 0.370 e. The molecular weight excluding hydrogens is 226 g/mol. The fourth-order valence-electron chi connectivity index (χ4n) is 2.01. The van der Waals surface area contributed by atoms with E-state index in [1.807, 2.05) is 19.9 Å². The van der Waals surface area contributed by atoms with E-state index in [4.69, 9.17) is 5.26 Å². The maximum absolute atomic E-state index is 8.74. The Labute approximate surface area is 108 Å². The molecule has 1 heterocycles. The molecule has 1 aromatic heterocycles. The second kappa shape index (κ2) is 5.67. The average molecular weight is 245 g/mol. The highest BCUT2D eigenvalue weighted by Gasteiger charge is 2.30. The molecule has 0 amide bonds. The molecule has 1 aromatic rings. The smallest absolute Gasteiger partial charge is 0.134 e. The quantitative estimate of drug-likeness (QED) is 0.831. The summed E-state index contributed by atoms with van der Waals surface area (Å²) in [5, 5.41) is 12.0. The standard InChI is InChI=1S/C13H19N5/c1-3-15-12-9-13(17-10(2)16-12)18(8-4-7-14)11-5-6-11/h9,11H,3-6,8H2,1-2H3,(H,15,16,17). The number of nitriles is 1. The fourth-order valence-corrected chi connectivity index (χ4v) is 2.01. The molecule has 0 aliphatic heterocycles. The van der Waals surface area contributed by atoms with Gasteiger partial charge in [0.15, 0.2) is 0 Å².